The summed E-state index contributed by atoms with van der Waals surface area (Å²) < 4.78 is 6.06. The van der Waals surface area contributed by atoms with Crippen LogP contribution in [0.15, 0.2) is 64.1 Å². The van der Waals surface area contributed by atoms with Gasteiger partial charge in [0.05, 0.1) is 12.5 Å². The van der Waals surface area contributed by atoms with E-state index in [9.17, 15) is 5.11 Å². The molecule has 0 saturated heterocycles. The summed E-state index contributed by atoms with van der Waals surface area (Å²) in [5.74, 6) is 0.227. The van der Waals surface area contributed by atoms with Crippen LogP contribution in [-0.2, 0) is 0 Å². The fourth-order valence-electron chi connectivity index (χ4n) is 2.55. The molecule has 3 aromatic heterocycles. The first kappa shape index (κ1) is 13.2. The molecule has 0 aliphatic rings. The van der Waals surface area contributed by atoms with E-state index in [1.54, 1.807) is 30.9 Å². The van der Waals surface area contributed by atoms with Crippen molar-refractivity contribution >= 4 is 27.0 Å². The number of phenols is 1. The van der Waals surface area contributed by atoms with E-state index >= 15 is 0 Å². The predicted octanol–water partition coefficient (Wildman–Crippen LogP) is 4.96. The van der Waals surface area contributed by atoms with E-state index < -0.39 is 0 Å². The van der Waals surface area contributed by atoms with Gasteiger partial charge in [0, 0.05) is 44.5 Å². The lowest BCUT2D eigenvalue weighted by Crippen LogP contribution is -1.83. The monoisotopic (exact) mass is 354 g/mol. The van der Waals surface area contributed by atoms with Crippen molar-refractivity contribution in [2.45, 2.75) is 0 Å². The number of aromatic hydroxyl groups is 1. The Balaban J connectivity index is 1.93. The van der Waals surface area contributed by atoms with Crippen molar-refractivity contribution in [1.82, 2.24) is 9.97 Å². The highest BCUT2D eigenvalue weighted by Gasteiger charge is 2.11. The molecular weight excluding hydrogens is 344 g/mol. The number of benzene rings is 1. The van der Waals surface area contributed by atoms with Crippen molar-refractivity contribution in [2.24, 2.45) is 0 Å². The van der Waals surface area contributed by atoms with Crippen LogP contribution in [0.1, 0.15) is 0 Å². The number of pyridine rings is 1. The number of hydrogen-bond acceptors (Lipinski definition) is 3. The minimum absolute atomic E-state index is 0.227. The maximum Gasteiger partial charge on any atom is 0.137 e. The zero-order valence-corrected chi connectivity index (χ0v) is 13.0. The van der Waals surface area contributed by atoms with Crippen LogP contribution in [0.3, 0.4) is 0 Å². The molecule has 0 fully saturated rings. The average Bonchev–Trinajstić information content (AvgIpc) is 3.17. The predicted molar refractivity (Wildman–Crippen MR) is 88.6 cm³/mol. The van der Waals surface area contributed by atoms with Gasteiger partial charge in [-0.05, 0) is 30.3 Å². The Morgan fingerprint density at radius 3 is 2.82 bits per heavy atom. The molecule has 2 N–H and O–H groups in total. The van der Waals surface area contributed by atoms with E-state index in [1.165, 1.54) is 0 Å². The number of H-pyrrole nitrogens is 1. The van der Waals surface area contributed by atoms with Gasteiger partial charge in [0.2, 0.25) is 0 Å². The van der Waals surface area contributed by atoms with Crippen molar-refractivity contribution in [3.63, 3.8) is 0 Å². The lowest BCUT2D eigenvalue weighted by Gasteiger charge is -2.06. The summed E-state index contributed by atoms with van der Waals surface area (Å²) in [7, 11) is 0. The highest BCUT2D eigenvalue weighted by Crippen LogP contribution is 2.35. The first-order chi connectivity index (χ1) is 10.7. The van der Waals surface area contributed by atoms with Gasteiger partial charge in [-0.1, -0.05) is 15.9 Å². The summed E-state index contributed by atoms with van der Waals surface area (Å²) in [4.78, 5) is 7.60. The van der Waals surface area contributed by atoms with Gasteiger partial charge in [0.15, 0.2) is 0 Å². The SMILES string of the molecule is Oc1ccc(Br)cc1-c1cnc2[nH]cc(-c3ccoc3)c2c1. The quantitative estimate of drug-likeness (QED) is 0.534. The molecule has 0 bridgehead atoms. The first-order valence-corrected chi connectivity index (χ1v) is 7.50. The zero-order chi connectivity index (χ0) is 15.1. The van der Waals surface area contributed by atoms with Crippen molar-refractivity contribution in [2.75, 3.05) is 0 Å². The van der Waals surface area contributed by atoms with E-state index in [0.29, 0.717) is 0 Å². The molecule has 1 aromatic carbocycles. The molecular formula is C17H11BrN2O2. The van der Waals surface area contributed by atoms with Crippen molar-refractivity contribution in [3.05, 3.63) is 59.7 Å². The number of halogens is 1. The largest absolute Gasteiger partial charge is 0.507 e. The number of fused-ring (bicyclic) bond motifs is 1. The first-order valence-electron chi connectivity index (χ1n) is 6.71. The summed E-state index contributed by atoms with van der Waals surface area (Å²) in [6.07, 6.45) is 7.00. The minimum atomic E-state index is 0.227. The Hall–Kier alpha value is -2.53. The second-order valence-electron chi connectivity index (χ2n) is 5.00. The van der Waals surface area contributed by atoms with E-state index in [1.807, 2.05) is 24.4 Å². The molecule has 0 spiro atoms. The van der Waals surface area contributed by atoms with Crippen LogP contribution in [0.5, 0.6) is 5.75 Å². The average molecular weight is 355 g/mol. The molecule has 0 amide bonds. The summed E-state index contributed by atoms with van der Waals surface area (Å²) >= 11 is 3.43. The maximum absolute atomic E-state index is 10.1. The fraction of sp³-hybridized carbons (Fsp3) is 0. The number of phenolic OH excluding ortho intramolecular Hbond substituents is 1. The number of furan rings is 1. The molecule has 0 saturated carbocycles. The van der Waals surface area contributed by atoms with Crippen molar-refractivity contribution < 1.29 is 9.52 Å². The fourth-order valence-corrected chi connectivity index (χ4v) is 2.91. The number of nitrogens with zero attached hydrogens (tertiary/aromatic N) is 1. The van der Waals surface area contributed by atoms with Gasteiger partial charge in [-0.3, -0.25) is 0 Å². The highest BCUT2D eigenvalue weighted by atomic mass is 79.9. The van der Waals surface area contributed by atoms with Gasteiger partial charge >= 0.3 is 0 Å². The van der Waals surface area contributed by atoms with Gasteiger partial charge in [-0.2, -0.15) is 0 Å². The van der Waals surface area contributed by atoms with E-state index in [-0.39, 0.29) is 5.75 Å². The Morgan fingerprint density at radius 1 is 1.09 bits per heavy atom. The van der Waals surface area contributed by atoms with Gasteiger partial charge in [0.25, 0.3) is 0 Å². The molecule has 3 heterocycles. The molecule has 0 aliphatic carbocycles. The van der Waals surface area contributed by atoms with E-state index in [0.717, 1.165) is 37.8 Å². The molecule has 22 heavy (non-hydrogen) atoms. The smallest absolute Gasteiger partial charge is 0.137 e. The Bertz CT molecular complexity index is 958. The zero-order valence-electron chi connectivity index (χ0n) is 11.4. The number of aromatic amines is 1. The third-order valence-corrected chi connectivity index (χ3v) is 4.13. The standard InChI is InChI=1S/C17H11BrN2O2/c18-12-1-2-16(21)13(6-12)11-5-14-15(10-3-4-22-9-10)8-20-17(14)19-7-11/h1-9,21H,(H,19,20). The van der Waals surface area contributed by atoms with Crippen LogP contribution in [0.4, 0.5) is 0 Å². The number of aromatic nitrogens is 2. The number of hydrogen-bond donors (Lipinski definition) is 2. The Morgan fingerprint density at radius 2 is 2.00 bits per heavy atom. The second-order valence-corrected chi connectivity index (χ2v) is 5.91. The highest BCUT2D eigenvalue weighted by molar-refractivity contribution is 9.10. The minimum Gasteiger partial charge on any atom is -0.507 e. The van der Waals surface area contributed by atoms with Crippen LogP contribution in [-0.4, -0.2) is 15.1 Å². The van der Waals surface area contributed by atoms with Crippen LogP contribution in [0, 0.1) is 0 Å². The molecule has 0 unspecified atom stereocenters. The van der Waals surface area contributed by atoms with Gasteiger partial charge in [-0.15, -0.1) is 0 Å². The van der Waals surface area contributed by atoms with Crippen LogP contribution in [0.2, 0.25) is 0 Å². The number of nitrogens with one attached hydrogen (secondary N) is 1. The molecule has 4 aromatic rings. The van der Waals surface area contributed by atoms with Crippen molar-refractivity contribution in [3.8, 4) is 28.0 Å². The van der Waals surface area contributed by atoms with Gasteiger partial charge in [0.1, 0.15) is 11.4 Å². The Kier molecular flexibility index (Phi) is 3.01. The van der Waals surface area contributed by atoms with Gasteiger partial charge < -0.3 is 14.5 Å². The summed E-state index contributed by atoms with van der Waals surface area (Å²) in [5, 5.41) is 11.1. The molecule has 0 atom stereocenters. The summed E-state index contributed by atoms with van der Waals surface area (Å²) in [5.41, 5.74) is 4.41. The van der Waals surface area contributed by atoms with Crippen molar-refractivity contribution in [1.29, 1.82) is 0 Å². The Labute approximate surface area is 134 Å². The van der Waals surface area contributed by atoms with Gasteiger partial charge in [-0.25, -0.2) is 4.98 Å². The van der Waals surface area contributed by atoms with Crippen LogP contribution in [0.25, 0.3) is 33.3 Å². The third-order valence-electron chi connectivity index (χ3n) is 3.63. The lowest BCUT2D eigenvalue weighted by molar-refractivity contribution is 0.477. The third kappa shape index (κ3) is 2.10. The summed E-state index contributed by atoms with van der Waals surface area (Å²) in [6.45, 7) is 0. The normalized spacial score (nSPS) is 11.1. The number of rotatable bonds is 2. The van der Waals surface area contributed by atoms with Crippen LogP contribution < -0.4 is 0 Å². The molecule has 4 rings (SSSR count). The van der Waals surface area contributed by atoms with E-state index in [2.05, 4.69) is 25.9 Å². The topological polar surface area (TPSA) is 62.1 Å². The van der Waals surface area contributed by atoms with Crippen LogP contribution >= 0.6 is 15.9 Å². The van der Waals surface area contributed by atoms with E-state index in [4.69, 9.17) is 4.42 Å². The molecule has 5 heteroatoms. The molecule has 0 radical (unpaired) electrons. The summed E-state index contributed by atoms with van der Waals surface area (Å²) in [6, 6.07) is 9.27. The molecule has 108 valence electrons. The molecule has 0 aliphatic heterocycles. The molecule has 4 nitrogen and oxygen atoms in total. The second kappa shape index (κ2) is 5.03. The maximum atomic E-state index is 10.1. The lowest BCUT2D eigenvalue weighted by atomic mass is 10.0.